The fourth-order valence-electron chi connectivity index (χ4n) is 3.72. The molecule has 8 heteroatoms. The maximum absolute atomic E-state index is 13.5. The Morgan fingerprint density at radius 1 is 1.13 bits per heavy atom. The Kier molecular flexibility index (Phi) is 5.88. The van der Waals surface area contributed by atoms with E-state index < -0.39 is 0 Å². The predicted molar refractivity (Wildman–Crippen MR) is 118 cm³/mol. The van der Waals surface area contributed by atoms with Crippen LogP contribution < -0.4 is 0 Å². The first-order valence-electron chi connectivity index (χ1n) is 10.3. The third-order valence-corrected chi connectivity index (χ3v) is 7.51. The summed E-state index contributed by atoms with van der Waals surface area (Å²) in [7, 11) is 0. The number of nitrogens with zero attached hydrogens (tertiary/aromatic N) is 4. The van der Waals surface area contributed by atoms with Gasteiger partial charge in [-0.25, -0.2) is 0 Å². The topological polar surface area (TPSA) is 60.2 Å². The summed E-state index contributed by atoms with van der Waals surface area (Å²) in [5, 5.41) is 11.7. The molecule has 1 aliphatic heterocycles. The molecule has 1 aliphatic carbocycles. The Morgan fingerprint density at radius 3 is 2.63 bits per heavy atom. The molecule has 3 aromatic rings. The van der Waals surface area contributed by atoms with Gasteiger partial charge < -0.3 is 14.2 Å². The molecule has 0 bridgehead atoms. The lowest BCUT2D eigenvalue weighted by Crippen LogP contribution is -2.42. The second-order valence-electron chi connectivity index (χ2n) is 7.60. The summed E-state index contributed by atoms with van der Waals surface area (Å²) in [5.74, 6) is 1.12. The summed E-state index contributed by atoms with van der Waals surface area (Å²) in [4.78, 5) is 16.7. The second-order valence-corrected chi connectivity index (χ2v) is 9.71. The van der Waals surface area contributed by atoms with Gasteiger partial charge in [-0.3, -0.25) is 4.79 Å². The summed E-state index contributed by atoms with van der Waals surface area (Å²) < 4.78 is 7.71. The average molecular weight is 441 g/mol. The lowest BCUT2D eigenvalue weighted by Gasteiger charge is -2.30. The zero-order valence-electron chi connectivity index (χ0n) is 16.6. The molecular weight excluding hydrogens is 416 g/mol. The largest absolute Gasteiger partial charge is 0.378 e. The first-order chi connectivity index (χ1) is 14.8. The van der Waals surface area contributed by atoms with Gasteiger partial charge in [-0.2, -0.15) is 0 Å². The number of benzene rings is 1. The Morgan fingerprint density at radius 2 is 1.93 bits per heavy atom. The summed E-state index contributed by atoms with van der Waals surface area (Å²) in [6, 6.07) is 14.7. The first-order valence-corrected chi connectivity index (χ1v) is 12.1. The van der Waals surface area contributed by atoms with Crippen LogP contribution in [-0.4, -0.2) is 51.9 Å². The fraction of sp³-hybridized carbons (Fsp3) is 0.409. The van der Waals surface area contributed by atoms with Crippen LogP contribution in [0, 0.1) is 0 Å². The van der Waals surface area contributed by atoms with Crippen molar-refractivity contribution in [1.29, 1.82) is 0 Å². The van der Waals surface area contributed by atoms with E-state index in [-0.39, 0.29) is 11.2 Å². The van der Waals surface area contributed by atoms with E-state index >= 15 is 0 Å². The molecule has 0 spiro atoms. The molecule has 5 rings (SSSR count). The van der Waals surface area contributed by atoms with Gasteiger partial charge >= 0.3 is 0 Å². The third kappa shape index (κ3) is 4.31. The molecule has 30 heavy (non-hydrogen) atoms. The van der Waals surface area contributed by atoms with E-state index in [0.29, 0.717) is 32.3 Å². The van der Waals surface area contributed by atoms with Gasteiger partial charge in [-0.15, -0.1) is 21.5 Å². The van der Waals surface area contributed by atoms with Crippen LogP contribution >= 0.6 is 23.1 Å². The SMILES string of the molecule is O=C([C@H](Sc1nnc(Cc2cccs2)n1C1CC1)c1ccccc1)N1CCOCC1. The number of carbonyl (C=O) groups excluding carboxylic acids is 1. The zero-order valence-corrected chi connectivity index (χ0v) is 18.3. The molecular formula is C22H24N4O2S2. The summed E-state index contributed by atoms with van der Waals surface area (Å²) in [6.07, 6.45) is 3.09. The number of morpholine rings is 1. The molecule has 6 nitrogen and oxygen atoms in total. The van der Waals surface area contributed by atoms with Gasteiger partial charge in [0.25, 0.3) is 0 Å². The van der Waals surface area contributed by atoms with E-state index in [0.717, 1.165) is 35.8 Å². The highest BCUT2D eigenvalue weighted by Gasteiger charge is 2.34. The number of thioether (sulfide) groups is 1. The first kappa shape index (κ1) is 19.8. The van der Waals surface area contributed by atoms with Crippen LogP contribution in [0.2, 0.25) is 0 Å². The van der Waals surface area contributed by atoms with E-state index in [4.69, 9.17) is 4.74 Å². The Balaban J connectivity index is 1.44. The minimum absolute atomic E-state index is 0.125. The van der Waals surface area contributed by atoms with Crippen molar-refractivity contribution < 1.29 is 9.53 Å². The number of hydrogen-bond donors (Lipinski definition) is 0. The number of thiophene rings is 1. The molecule has 1 saturated carbocycles. The average Bonchev–Trinajstić information content (AvgIpc) is 3.35. The van der Waals surface area contributed by atoms with Crippen LogP contribution in [0.3, 0.4) is 0 Å². The molecule has 156 valence electrons. The van der Waals surface area contributed by atoms with E-state index in [1.807, 2.05) is 35.2 Å². The van der Waals surface area contributed by atoms with E-state index in [9.17, 15) is 4.79 Å². The molecule has 1 atom stereocenters. The number of rotatable bonds is 7. The molecule has 3 heterocycles. The minimum Gasteiger partial charge on any atom is -0.378 e. The van der Waals surface area contributed by atoms with Crippen molar-refractivity contribution in [3.8, 4) is 0 Å². The highest BCUT2D eigenvalue weighted by Crippen LogP contribution is 2.43. The van der Waals surface area contributed by atoms with Gasteiger partial charge in [0.15, 0.2) is 5.16 Å². The molecule has 2 aliphatic rings. The Hall–Kier alpha value is -2.16. The van der Waals surface area contributed by atoms with Crippen molar-refractivity contribution in [2.24, 2.45) is 0 Å². The van der Waals surface area contributed by atoms with Crippen LogP contribution in [0.5, 0.6) is 0 Å². The van der Waals surface area contributed by atoms with Crippen LogP contribution in [0.15, 0.2) is 53.0 Å². The third-order valence-electron chi connectivity index (χ3n) is 5.43. The van der Waals surface area contributed by atoms with Crippen LogP contribution in [0.4, 0.5) is 0 Å². The Labute approximate surface area is 184 Å². The fourth-order valence-corrected chi connectivity index (χ4v) is 5.63. The quantitative estimate of drug-likeness (QED) is 0.521. The van der Waals surface area contributed by atoms with Gasteiger partial charge in [0.1, 0.15) is 11.1 Å². The second kappa shape index (κ2) is 8.91. The molecule has 0 N–H and O–H groups in total. The Bertz CT molecular complexity index is 980. The van der Waals surface area contributed by atoms with Gasteiger partial charge in [0.05, 0.1) is 13.2 Å². The van der Waals surface area contributed by atoms with Gasteiger partial charge in [-0.1, -0.05) is 48.2 Å². The standard InChI is InChI=1S/C22H24N4O2S2/c27-21(25-10-12-28-13-11-25)20(16-5-2-1-3-6-16)30-22-24-23-19(26(22)17-8-9-17)15-18-7-4-14-29-18/h1-7,14,17,20H,8-13,15H2/t20-/m1/s1. The van der Waals surface area contributed by atoms with Gasteiger partial charge in [-0.05, 0) is 29.9 Å². The number of amides is 1. The highest BCUT2D eigenvalue weighted by atomic mass is 32.2. The lowest BCUT2D eigenvalue weighted by molar-refractivity contribution is -0.134. The zero-order chi connectivity index (χ0) is 20.3. The van der Waals surface area contributed by atoms with E-state index in [2.05, 4.69) is 32.3 Å². The minimum atomic E-state index is -0.333. The molecule has 0 radical (unpaired) electrons. The summed E-state index contributed by atoms with van der Waals surface area (Å²) in [5.41, 5.74) is 1.00. The van der Waals surface area contributed by atoms with E-state index in [1.54, 1.807) is 11.3 Å². The number of aromatic nitrogens is 3. The van der Waals surface area contributed by atoms with Crippen molar-refractivity contribution >= 4 is 29.0 Å². The summed E-state index contributed by atoms with van der Waals surface area (Å²) >= 11 is 3.27. The van der Waals surface area contributed by atoms with E-state index in [1.165, 1.54) is 16.6 Å². The maximum atomic E-state index is 13.5. The number of hydrogen-bond acceptors (Lipinski definition) is 6. The monoisotopic (exact) mass is 440 g/mol. The normalized spacial score (nSPS) is 17.8. The molecule has 2 aromatic heterocycles. The highest BCUT2D eigenvalue weighted by molar-refractivity contribution is 8.00. The van der Waals surface area contributed by atoms with Crippen LogP contribution in [0.25, 0.3) is 0 Å². The smallest absolute Gasteiger partial charge is 0.240 e. The lowest BCUT2D eigenvalue weighted by atomic mass is 10.1. The van der Waals surface area contributed by atoms with Crippen LogP contribution in [0.1, 0.15) is 40.4 Å². The molecule has 1 amide bonds. The summed E-state index contributed by atoms with van der Waals surface area (Å²) in [6.45, 7) is 2.48. The van der Waals surface area contributed by atoms with Crippen molar-refractivity contribution in [2.75, 3.05) is 26.3 Å². The molecule has 1 saturated heterocycles. The van der Waals surface area contributed by atoms with Crippen molar-refractivity contribution in [3.63, 3.8) is 0 Å². The van der Waals surface area contributed by atoms with Gasteiger partial charge in [0, 0.05) is 30.4 Å². The predicted octanol–water partition coefficient (Wildman–Crippen LogP) is 3.96. The maximum Gasteiger partial charge on any atom is 0.240 e. The van der Waals surface area contributed by atoms with Crippen molar-refractivity contribution in [3.05, 3.63) is 64.1 Å². The number of ether oxygens (including phenoxy) is 1. The van der Waals surface area contributed by atoms with Crippen molar-refractivity contribution in [1.82, 2.24) is 19.7 Å². The van der Waals surface area contributed by atoms with Crippen LogP contribution in [-0.2, 0) is 16.0 Å². The molecule has 2 fully saturated rings. The van der Waals surface area contributed by atoms with Crippen molar-refractivity contribution in [2.45, 2.75) is 35.7 Å². The van der Waals surface area contributed by atoms with Gasteiger partial charge in [0.2, 0.25) is 5.91 Å². The molecule has 0 unspecified atom stereocenters. The number of carbonyl (C=O) groups is 1. The molecule has 1 aromatic carbocycles.